The molecule has 0 spiro atoms. The Balaban J connectivity index is 1.70. The molecule has 0 aromatic carbocycles. The van der Waals surface area contributed by atoms with Gasteiger partial charge in [0.1, 0.15) is 5.69 Å². The van der Waals surface area contributed by atoms with Gasteiger partial charge >= 0.3 is 0 Å². The van der Waals surface area contributed by atoms with Crippen molar-refractivity contribution in [3.8, 4) is 11.5 Å². The summed E-state index contributed by atoms with van der Waals surface area (Å²) in [5.74, 6) is 2.42. The first-order valence-corrected chi connectivity index (χ1v) is 7.96. The van der Waals surface area contributed by atoms with Crippen molar-refractivity contribution < 1.29 is 0 Å². The molecular formula is C16H21N5. The number of hydrogen-bond donors (Lipinski definition) is 1. The summed E-state index contributed by atoms with van der Waals surface area (Å²) in [4.78, 5) is 9.21. The summed E-state index contributed by atoms with van der Waals surface area (Å²) in [6.07, 6.45) is 6.56. The predicted octanol–water partition coefficient (Wildman–Crippen LogP) is 3.20. The maximum Gasteiger partial charge on any atom is 0.222 e. The van der Waals surface area contributed by atoms with Crippen LogP contribution in [0.2, 0.25) is 0 Å². The molecule has 1 aliphatic heterocycles. The van der Waals surface area contributed by atoms with E-state index in [2.05, 4.69) is 20.0 Å². The Morgan fingerprint density at radius 3 is 2.81 bits per heavy atom. The van der Waals surface area contributed by atoms with E-state index in [0.717, 1.165) is 42.0 Å². The van der Waals surface area contributed by atoms with Gasteiger partial charge in [0.2, 0.25) is 11.8 Å². The minimum absolute atomic E-state index is 0.509. The van der Waals surface area contributed by atoms with Gasteiger partial charge < -0.3 is 5.32 Å². The van der Waals surface area contributed by atoms with Gasteiger partial charge in [0.05, 0.1) is 6.04 Å². The molecule has 1 atom stereocenters. The van der Waals surface area contributed by atoms with Crippen LogP contribution >= 0.6 is 0 Å². The Morgan fingerprint density at radius 1 is 1.14 bits per heavy atom. The molecule has 3 heterocycles. The fourth-order valence-electron chi connectivity index (χ4n) is 3.68. The van der Waals surface area contributed by atoms with E-state index >= 15 is 0 Å². The highest BCUT2D eigenvalue weighted by molar-refractivity contribution is 5.51. The van der Waals surface area contributed by atoms with Crippen LogP contribution in [0.25, 0.3) is 11.5 Å². The van der Waals surface area contributed by atoms with Crippen LogP contribution in [0, 0.1) is 12.8 Å². The molecule has 1 aliphatic carbocycles. The lowest BCUT2D eigenvalue weighted by Crippen LogP contribution is -2.28. The van der Waals surface area contributed by atoms with Gasteiger partial charge in [-0.2, -0.15) is 4.98 Å². The number of aromatic nitrogens is 4. The zero-order valence-corrected chi connectivity index (χ0v) is 12.4. The van der Waals surface area contributed by atoms with Crippen LogP contribution in [0.1, 0.15) is 43.8 Å². The highest BCUT2D eigenvalue weighted by Crippen LogP contribution is 2.39. The average Bonchev–Trinajstić information content (AvgIpc) is 3.16. The maximum atomic E-state index is 4.77. The minimum Gasteiger partial charge on any atom is -0.354 e. The molecule has 2 aromatic rings. The third-order valence-corrected chi connectivity index (χ3v) is 4.73. The average molecular weight is 283 g/mol. The second-order valence-electron chi connectivity index (χ2n) is 6.20. The number of nitrogens with one attached hydrogen (secondary N) is 1. The van der Waals surface area contributed by atoms with Gasteiger partial charge in [0, 0.05) is 12.2 Å². The van der Waals surface area contributed by atoms with Crippen LogP contribution in [0.5, 0.6) is 0 Å². The van der Waals surface area contributed by atoms with Crippen LogP contribution in [0.15, 0.2) is 18.2 Å². The topological polar surface area (TPSA) is 55.6 Å². The molecule has 0 saturated heterocycles. The smallest absolute Gasteiger partial charge is 0.222 e. The van der Waals surface area contributed by atoms with E-state index in [-0.39, 0.29) is 0 Å². The van der Waals surface area contributed by atoms with Gasteiger partial charge in [-0.15, -0.1) is 5.10 Å². The molecule has 0 bridgehead atoms. The zero-order valence-electron chi connectivity index (χ0n) is 12.4. The lowest BCUT2D eigenvalue weighted by molar-refractivity contribution is 0.290. The van der Waals surface area contributed by atoms with Gasteiger partial charge in [0.15, 0.2) is 0 Å². The van der Waals surface area contributed by atoms with Crippen molar-refractivity contribution in [2.75, 3.05) is 11.9 Å². The van der Waals surface area contributed by atoms with Gasteiger partial charge in [-0.05, 0) is 44.2 Å². The second kappa shape index (κ2) is 5.13. The van der Waals surface area contributed by atoms with E-state index in [9.17, 15) is 0 Å². The fourth-order valence-corrected chi connectivity index (χ4v) is 3.68. The Labute approximate surface area is 124 Å². The summed E-state index contributed by atoms with van der Waals surface area (Å²) in [7, 11) is 0. The highest BCUT2D eigenvalue weighted by atomic mass is 15.4. The number of rotatable bonds is 2. The number of aryl methyl sites for hydroxylation is 1. The first-order chi connectivity index (χ1) is 10.3. The van der Waals surface area contributed by atoms with Crippen molar-refractivity contribution in [1.29, 1.82) is 0 Å². The van der Waals surface area contributed by atoms with Crippen molar-refractivity contribution in [1.82, 2.24) is 19.7 Å². The number of hydrogen-bond acceptors (Lipinski definition) is 4. The largest absolute Gasteiger partial charge is 0.354 e. The zero-order chi connectivity index (χ0) is 14.2. The molecule has 1 unspecified atom stereocenters. The van der Waals surface area contributed by atoms with Gasteiger partial charge in [-0.25, -0.2) is 9.67 Å². The molecule has 2 aromatic heterocycles. The van der Waals surface area contributed by atoms with Crippen molar-refractivity contribution >= 4 is 5.95 Å². The van der Waals surface area contributed by atoms with E-state index in [4.69, 9.17) is 5.10 Å². The quantitative estimate of drug-likeness (QED) is 0.919. The third kappa shape index (κ3) is 2.30. The molecule has 4 rings (SSSR count). The maximum absolute atomic E-state index is 4.77. The SMILES string of the molecule is Cc1cccc(-c2nc3n(n2)C(C2CCCC2)CCN3)n1. The van der Waals surface area contributed by atoms with Crippen LogP contribution in [-0.2, 0) is 0 Å². The normalized spacial score (nSPS) is 22.0. The summed E-state index contributed by atoms with van der Waals surface area (Å²) in [5, 5.41) is 8.15. The Hall–Kier alpha value is -1.91. The molecule has 0 radical (unpaired) electrons. The van der Waals surface area contributed by atoms with Crippen LogP contribution in [0.3, 0.4) is 0 Å². The molecule has 1 N–H and O–H groups in total. The molecule has 0 amide bonds. The Bertz CT molecular complexity index is 642. The predicted molar refractivity (Wildman–Crippen MR) is 82.1 cm³/mol. The van der Waals surface area contributed by atoms with E-state index in [0.29, 0.717) is 6.04 Å². The fraction of sp³-hybridized carbons (Fsp3) is 0.562. The van der Waals surface area contributed by atoms with Crippen LogP contribution < -0.4 is 5.32 Å². The van der Waals surface area contributed by atoms with Crippen molar-refractivity contribution in [3.05, 3.63) is 23.9 Å². The lowest BCUT2D eigenvalue weighted by Gasteiger charge is -2.28. The summed E-state index contributed by atoms with van der Waals surface area (Å²) in [5.41, 5.74) is 1.87. The second-order valence-corrected chi connectivity index (χ2v) is 6.20. The van der Waals surface area contributed by atoms with Gasteiger partial charge in [-0.3, -0.25) is 0 Å². The number of fused-ring (bicyclic) bond motifs is 1. The molecule has 5 heteroatoms. The molecule has 1 fully saturated rings. The monoisotopic (exact) mass is 283 g/mol. The Morgan fingerprint density at radius 2 is 2.00 bits per heavy atom. The number of nitrogens with zero attached hydrogens (tertiary/aromatic N) is 4. The first-order valence-electron chi connectivity index (χ1n) is 7.96. The summed E-state index contributed by atoms with van der Waals surface area (Å²) in [6.45, 7) is 3.00. The molecule has 21 heavy (non-hydrogen) atoms. The molecule has 1 saturated carbocycles. The molecule has 2 aliphatic rings. The van der Waals surface area contributed by atoms with E-state index in [1.807, 2.05) is 25.1 Å². The summed E-state index contributed by atoms with van der Waals surface area (Å²) >= 11 is 0. The lowest BCUT2D eigenvalue weighted by atomic mass is 9.95. The minimum atomic E-state index is 0.509. The van der Waals surface area contributed by atoms with Crippen molar-refractivity contribution in [2.24, 2.45) is 5.92 Å². The van der Waals surface area contributed by atoms with E-state index in [1.165, 1.54) is 25.7 Å². The van der Waals surface area contributed by atoms with Crippen molar-refractivity contribution in [2.45, 2.75) is 45.1 Å². The van der Waals surface area contributed by atoms with Crippen molar-refractivity contribution in [3.63, 3.8) is 0 Å². The van der Waals surface area contributed by atoms with Gasteiger partial charge in [0.25, 0.3) is 0 Å². The molecular weight excluding hydrogens is 262 g/mol. The summed E-state index contributed by atoms with van der Waals surface area (Å²) < 4.78 is 2.12. The van der Waals surface area contributed by atoms with Gasteiger partial charge in [-0.1, -0.05) is 18.9 Å². The molecule has 5 nitrogen and oxygen atoms in total. The van der Waals surface area contributed by atoms with E-state index < -0.39 is 0 Å². The molecule has 110 valence electrons. The first kappa shape index (κ1) is 12.8. The van der Waals surface area contributed by atoms with Crippen LogP contribution in [0.4, 0.5) is 5.95 Å². The van der Waals surface area contributed by atoms with E-state index in [1.54, 1.807) is 0 Å². The number of pyridine rings is 1. The van der Waals surface area contributed by atoms with Crippen LogP contribution in [-0.4, -0.2) is 26.3 Å². The Kier molecular flexibility index (Phi) is 3.13. The highest BCUT2D eigenvalue weighted by Gasteiger charge is 2.31. The third-order valence-electron chi connectivity index (χ3n) is 4.73. The number of anilines is 1. The standard InChI is InChI=1S/C16H21N5/c1-11-5-4-8-13(18-11)15-19-16-17-10-9-14(21(16)20-15)12-6-2-3-7-12/h4-5,8,12,14H,2-3,6-7,9-10H2,1H3,(H,17,19,20). The summed E-state index contributed by atoms with van der Waals surface area (Å²) in [6, 6.07) is 6.51.